The summed E-state index contributed by atoms with van der Waals surface area (Å²) in [6.45, 7) is 0. The number of carbonyl (C=O) groups is 2. The van der Waals surface area contributed by atoms with Gasteiger partial charge in [0.25, 0.3) is 0 Å². The van der Waals surface area contributed by atoms with Crippen LogP contribution in [0.1, 0.15) is 18.4 Å². The minimum absolute atomic E-state index is 0.0202. The highest BCUT2D eigenvalue weighted by Crippen LogP contribution is 2.11. The van der Waals surface area contributed by atoms with Gasteiger partial charge in [-0.2, -0.15) is 0 Å². The van der Waals surface area contributed by atoms with Gasteiger partial charge in [0, 0.05) is 11.4 Å². The number of rotatable bonds is 5. The van der Waals surface area contributed by atoms with Crippen LogP contribution in [0.15, 0.2) is 30.3 Å². The van der Waals surface area contributed by atoms with E-state index in [2.05, 4.69) is 0 Å². The molecule has 0 amide bonds. The van der Waals surface area contributed by atoms with E-state index in [0.717, 1.165) is 5.56 Å². The van der Waals surface area contributed by atoms with Crippen molar-refractivity contribution in [1.29, 1.82) is 0 Å². The van der Waals surface area contributed by atoms with Crippen molar-refractivity contribution in [3.63, 3.8) is 0 Å². The molecule has 1 aromatic carbocycles. The lowest BCUT2D eigenvalue weighted by Crippen LogP contribution is -1.99. The Morgan fingerprint density at radius 2 is 2.06 bits per heavy atom. The molecule has 0 unspecified atom stereocenters. The van der Waals surface area contributed by atoms with Crippen molar-refractivity contribution in [3.8, 4) is 0 Å². The van der Waals surface area contributed by atoms with Crippen LogP contribution in [0.25, 0.3) is 6.08 Å². The van der Waals surface area contributed by atoms with Crippen LogP contribution in [0, 0.1) is 0 Å². The maximum atomic E-state index is 11.2. The summed E-state index contributed by atoms with van der Waals surface area (Å²) in [6, 6.07) is 7.06. The molecular formula is C12H11ClO3. The van der Waals surface area contributed by atoms with Gasteiger partial charge in [0.15, 0.2) is 5.78 Å². The molecule has 4 heteroatoms. The summed E-state index contributed by atoms with van der Waals surface area (Å²) < 4.78 is 0. The number of ketones is 1. The van der Waals surface area contributed by atoms with E-state index in [0.29, 0.717) is 5.02 Å². The molecule has 0 bridgehead atoms. The average molecular weight is 239 g/mol. The van der Waals surface area contributed by atoms with Crippen LogP contribution in [0.4, 0.5) is 0 Å². The molecule has 0 radical (unpaired) electrons. The third-order valence-electron chi connectivity index (χ3n) is 1.90. The van der Waals surface area contributed by atoms with E-state index in [1.54, 1.807) is 24.3 Å². The van der Waals surface area contributed by atoms with Gasteiger partial charge in [0.2, 0.25) is 0 Å². The number of benzene rings is 1. The summed E-state index contributed by atoms with van der Waals surface area (Å²) in [5.41, 5.74) is 0.816. The Hall–Kier alpha value is -1.61. The number of carbonyl (C=O) groups excluding carboxylic acids is 1. The van der Waals surface area contributed by atoms with Crippen LogP contribution in [0.5, 0.6) is 0 Å². The summed E-state index contributed by atoms with van der Waals surface area (Å²) in [5.74, 6) is -1.17. The highest BCUT2D eigenvalue weighted by Gasteiger charge is 2.01. The lowest BCUT2D eigenvalue weighted by molar-refractivity contribution is -0.138. The minimum Gasteiger partial charge on any atom is -0.481 e. The Morgan fingerprint density at radius 1 is 1.31 bits per heavy atom. The van der Waals surface area contributed by atoms with Gasteiger partial charge in [0.1, 0.15) is 0 Å². The molecule has 1 rings (SSSR count). The molecule has 3 nitrogen and oxygen atoms in total. The molecule has 0 atom stereocenters. The molecule has 16 heavy (non-hydrogen) atoms. The Labute approximate surface area is 98.4 Å². The first-order valence-corrected chi connectivity index (χ1v) is 5.14. The first kappa shape index (κ1) is 12.5. The van der Waals surface area contributed by atoms with Crippen LogP contribution in [-0.2, 0) is 9.59 Å². The van der Waals surface area contributed by atoms with Crippen molar-refractivity contribution >= 4 is 29.4 Å². The molecule has 0 aliphatic heterocycles. The Balaban J connectivity index is 2.53. The quantitative estimate of drug-likeness (QED) is 0.803. The second kappa shape index (κ2) is 6.08. The van der Waals surface area contributed by atoms with Crippen LogP contribution in [-0.4, -0.2) is 16.9 Å². The third-order valence-corrected chi connectivity index (χ3v) is 2.13. The molecule has 1 aromatic rings. The standard InChI is InChI=1S/C12H11ClO3/c13-10-3-1-2-9(8-10)4-5-11(14)6-7-12(15)16/h1-5,8H,6-7H2,(H,15,16)/b5-4+. The number of aliphatic carboxylic acids is 1. The van der Waals surface area contributed by atoms with Crippen molar-refractivity contribution in [2.45, 2.75) is 12.8 Å². The second-order valence-electron chi connectivity index (χ2n) is 3.25. The van der Waals surface area contributed by atoms with Crippen LogP contribution in [0.2, 0.25) is 5.02 Å². The van der Waals surface area contributed by atoms with Gasteiger partial charge in [-0.1, -0.05) is 29.8 Å². The number of halogens is 1. The number of carboxylic acid groups (broad SMARTS) is 1. The van der Waals surface area contributed by atoms with Crippen molar-refractivity contribution in [2.75, 3.05) is 0 Å². The van der Waals surface area contributed by atoms with E-state index in [4.69, 9.17) is 16.7 Å². The summed E-state index contributed by atoms with van der Waals surface area (Å²) in [7, 11) is 0. The lowest BCUT2D eigenvalue weighted by Gasteiger charge is -1.94. The largest absolute Gasteiger partial charge is 0.481 e. The second-order valence-corrected chi connectivity index (χ2v) is 3.68. The molecule has 1 N–H and O–H groups in total. The van der Waals surface area contributed by atoms with Gasteiger partial charge in [-0.3, -0.25) is 9.59 Å². The van der Waals surface area contributed by atoms with Crippen LogP contribution in [0.3, 0.4) is 0 Å². The Bertz CT molecular complexity index is 424. The van der Waals surface area contributed by atoms with Crippen LogP contribution < -0.4 is 0 Å². The van der Waals surface area contributed by atoms with E-state index in [-0.39, 0.29) is 18.6 Å². The van der Waals surface area contributed by atoms with Gasteiger partial charge < -0.3 is 5.11 Å². The molecule has 0 aromatic heterocycles. The maximum absolute atomic E-state index is 11.2. The first-order valence-electron chi connectivity index (χ1n) is 4.76. The molecule has 0 saturated heterocycles. The third kappa shape index (κ3) is 4.75. The predicted octanol–water partition coefficient (Wildman–Crippen LogP) is 2.79. The Kier molecular flexibility index (Phi) is 4.73. The highest BCUT2D eigenvalue weighted by atomic mass is 35.5. The monoisotopic (exact) mass is 238 g/mol. The van der Waals surface area contributed by atoms with Crippen molar-refractivity contribution in [2.24, 2.45) is 0 Å². The fourth-order valence-electron chi connectivity index (χ4n) is 1.11. The van der Waals surface area contributed by atoms with Crippen molar-refractivity contribution in [1.82, 2.24) is 0 Å². The molecule has 0 spiro atoms. The molecule has 0 heterocycles. The van der Waals surface area contributed by atoms with E-state index < -0.39 is 5.97 Å². The molecule has 0 saturated carbocycles. The number of hydrogen-bond acceptors (Lipinski definition) is 2. The molecule has 84 valence electrons. The summed E-state index contributed by atoms with van der Waals surface area (Å²) in [4.78, 5) is 21.5. The number of allylic oxidation sites excluding steroid dienone is 1. The minimum atomic E-state index is -0.968. The predicted molar refractivity (Wildman–Crippen MR) is 62.4 cm³/mol. The van der Waals surface area contributed by atoms with Crippen LogP contribution >= 0.6 is 11.6 Å². The number of carboxylic acids is 1. The fraction of sp³-hybridized carbons (Fsp3) is 0.167. The van der Waals surface area contributed by atoms with Gasteiger partial charge in [-0.15, -0.1) is 0 Å². The Morgan fingerprint density at radius 3 is 2.69 bits per heavy atom. The average Bonchev–Trinajstić information content (AvgIpc) is 2.23. The van der Waals surface area contributed by atoms with E-state index >= 15 is 0 Å². The SMILES string of the molecule is O=C(O)CCC(=O)/C=C/c1cccc(Cl)c1. The summed E-state index contributed by atoms with van der Waals surface area (Å²) in [6.07, 6.45) is 2.87. The van der Waals surface area contributed by atoms with E-state index in [1.165, 1.54) is 6.08 Å². The topological polar surface area (TPSA) is 54.4 Å². The fourth-order valence-corrected chi connectivity index (χ4v) is 1.31. The van der Waals surface area contributed by atoms with E-state index in [9.17, 15) is 9.59 Å². The van der Waals surface area contributed by atoms with Gasteiger partial charge in [0.05, 0.1) is 6.42 Å². The smallest absolute Gasteiger partial charge is 0.303 e. The molecular weight excluding hydrogens is 228 g/mol. The molecule has 0 aliphatic carbocycles. The van der Waals surface area contributed by atoms with Gasteiger partial charge in [-0.25, -0.2) is 0 Å². The normalized spacial score (nSPS) is 10.6. The van der Waals surface area contributed by atoms with Crippen molar-refractivity contribution in [3.05, 3.63) is 40.9 Å². The van der Waals surface area contributed by atoms with E-state index in [1.807, 2.05) is 6.07 Å². The lowest BCUT2D eigenvalue weighted by atomic mass is 10.1. The van der Waals surface area contributed by atoms with Crippen molar-refractivity contribution < 1.29 is 14.7 Å². The first-order chi connectivity index (χ1) is 7.58. The summed E-state index contributed by atoms with van der Waals surface area (Å²) in [5, 5.41) is 8.99. The summed E-state index contributed by atoms with van der Waals surface area (Å²) >= 11 is 5.77. The maximum Gasteiger partial charge on any atom is 0.303 e. The zero-order valence-electron chi connectivity index (χ0n) is 8.52. The van der Waals surface area contributed by atoms with Gasteiger partial charge >= 0.3 is 5.97 Å². The van der Waals surface area contributed by atoms with Gasteiger partial charge in [-0.05, 0) is 23.8 Å². The molecule has 0 fully saturated rings. The number of hydrogen-bond donors (Lipinski definition) is 1. The zero-order valence-corrected chi connectivity index (χ0v) is 9.28. The molecule has 0 aliphatic rings. The highest BCUT2D eigenvalue weighted by molar-refractivity contribution is 6.30. The zero-order chi connectivity index (χ0) is 12.0.